The molecule has 0 aromatic heterocycles. The molecule has 2 atom stereocenters. The van der Waals surface area contributed by atoms with Crippen molar-refractivity contribution < 1.29 is 0 Å². The van der Waals surface area contributed by atoms with E-state index < -0.39 is 0 Å². The van der Waals surface area contributed by atoms with Crippen molar-refractivity contribution in [2.45, 2.75) is 37.2 Å². The first kappa shape index (κ1) is 8.29. The first-order chi connectivity index (χ1) is 4.61. The van der Waals surface area contributed by atoms with Crippen molar-refractivity contribution in [1.29, 1.82) is 0 Å². The second-order valence-electron chi connectivity index (χ2n) is 3.48. The molecule has 0 aromatic rings. The Labute approximate surface area is 67.4 Å². The maximum atomic E-state index is 5.75. The lowest BCUT2D eigenvalue weighted by molar-refractivity contribution is 0.387. The monoisotopic (exact) mass is 128 g/mol. The molecule has 0 heterocycles. The summed E-state index contributed by atoms with van der Waals surface area (Å²) in [5.41, 5.74) is 0. The highest BCUT2D eigenvalue weighted by Gasteiger charge is 2.26. The van der Waals surface area contributed by atoms with Crippen LogP contribution in [0.15, 0.2) is 0 Å². The summed E-state index contributed by atoms with van der Waals surface area (Å²) in [6, 6.07) is 0. The van der Waals surface area contributed by atoms with Crippen LogP contribution in [0.3, 0.4) is 0 Å². The van der Waals surface area contributed by atoms with Gasteiger partial charge in [-0.3, -0.25) is 0 Å². The zero-order chi connectivity index (χ0) is 7.72. The van der Waals surface area contributed by atoms with Crippen LogP contribution < -0.4 is 0 Å². The van der Waals surface area contributed by atoms with E-state index in [1.807, 2.05) is 0 Å². The van der Waals surface area contributed by atoms with Crippen LogP contribution in [0.25, 0.3) is 0 Å². The molecule has 1 aliphatic carbocycles. The van der Waals surface area contributed by atoms with E-state index in [4.69, 9.17) is 23.5 Å². The molecule has 48 valence electrons. The van der Waals surface area contributed by atoms with Gasteiger partial charge >= 0.3 is 0 Å². The van der Waals surface area contributed by atoms with Crippen LogP contribution in [-0.2, 0) is 0 Å². The normalized spacial score (nSPS) is 48.9. The summed E-state index contributed by atoms with van der Waals surface area (Å²) < 4.78 is 0. The Morgan fingerprint density at radius 3 is 1.80 bits per heavy atom. The Morgan fingerprint density at radius 1 is 1.00 bits per heavy atom. The molecule has 1 aliphatic rings. The molecular formula is C7H11B3. The van der Waals surface area contributed by atoms with Gasteiger partial charge in [-0.25, -0.2) is 0 Å². The Morgan fingerprint density at radius 2 is 1.40 bits per heavy atom. The van der Waals surface area contributed by atoms with Crippen molar-refractivity contribution in [2.24, 2.45) is 5.92 Å². The van der Waals surface area contributed by atoms with Crippen molar-refractivity contribution in [3.05, 3.63) is 0 Å². The fraction of sp³-hybridized carbons (Fsp3) is 1.00. The summed E-state index contributed by atoms with van der Waals surface area (Å²) in [4.78, 5) is 0. The molecule has 1 rings (SSSR count). The molecule has 0 aliphatic heterocycles. The predicted molar refractivity (Wildman–Crippen MR) is 46.9 cm³/mol. The predicted octanol–water partition coefficient (Wildman–Crippen LogP) is 1.29. The Hall–Kier alpha value is 0.195. The smallest absolute Gasteiger partial charge is 0.0693 e. The van der Waals surface area contributed by atoms with Crippen LogP contribution in [0.2, 0.25) is 17.5 Å². The van der Waals surface area contributed by atoms with Gasteiger partial charge in [-0.05, 0) is 5.92 Å². The molecule has 1 saturated carbocycles. The summed E-state index contributed by atoms with van der Waals surface area (Å²) >= 11 is 0. The lowest BCUT2D eigenvalue weighted by Gasteiger charge is -2.36. The Balaban J connectivity index is 2.49. The van der Waals surface area contributed by atoms with E-state index in [1.54, 1.807) is 0 Å². The zero-order valence-corrected chi connectivity index (χ0v) is 6.46. The second-order valence-corrected chi connectivity index (χ2v) is 3.48. The average molecular weight is 128 g/mol. The summed E-state index contributed by atoms with van der Waals surface area (Å²) in [7, 11) is 17.2. The quantitative estimate of drug-likeness (QED) is 0.430. The third-order valence-electron chi connectivity index (χ3n) is 2.34. The van der Waals surface area contributed by atoms with Gasteiger partial charge in [-0.15, -0.1) is 0 Å². The molecule has 3 heteroatoms. The SMILES string of the molecule is [B]C1CC(C)CC([B])C1[B]. The second kappa shape index (κ2) is 3.06. The first-order valence-electron chi connectivity index (χ1n) is 3.88. The molecular weight excluding hydrogens is 117 g/mol. The van der Waals surface area contributed by atoms with E-state index in [2.05, 4.69) is 6.92 Å². The average Bonchev–Trinajstić information content (AvgIpc) is 1.82. The van der Waals surface area contributed by atoms with E-state index in [0.29, 0.717) is 5.92 Å². The van der Waals surface area contributed by atoms with Crippen LogP contribution in [-0.4, -0.2) is 23.5 Å². The van der Waals surface area contributed by atoms with Crippen molar-refractivity contribution in [3.8, 4) is 0 Å². The van der Waals surface area contributed by atoms with Crippen LogP contribution in [0, 0.1) is 5.92 Å². The van der Waals surface area contributed by atoms with Crippen LogP contribution >= 0.6 is 0 Å². The minimum atomic E-state index is 0.0104. The minimum Gasteiger partial charge on any atom is -0.0871 e. The third kappa shape index (κ3) is 1.62. The summed E-state index contributed by atoms with van der Waals surface area (Å²) in [5.74, 6) is 0.874. The molecule has 2 unspecified atom stereocenters. The maximum Gasteiger partial charge on any atom is 0.0693 e. The van der Waals surface area contributed by atoms with Crippen LogP contribution in [0.1, 0.15) is 19.8 Å². The van der Waals surface area contributed by atoms with Gasteiger partial charge in [0.15, 0.2) is 0 Å². The highest BCUT2D eigenvalue weighted by Crippen LogP contribution is 2.43. The third-order valence-corrected chi connectivity index (χ3v) is 2.34. The largest absolute Gasteiger partial charge is 0.0871 e. The highest BCUT2D eigenvalue weighted by atomic mass is 14.2. The number of hydrogen-bond acceptors (Lipinski definition) is 0. The van der Waals surface area contributed by atoms with Crippen molar-refractivity contribution in [3.63, 3.8) is 0 Å². The van der Waals surface area contributed by atoms with E-state index in [9.17, 15) is 0 Å². The molecule has 0 bridgehead atoms. The summed E-state index contributed by atoms with van der Waals surface area (Å²) in [6.45, 7) is 2.17. The molecule has 0 nitrogen and oxygen atoms in total. The van der Waals surface area contributed by atoms with E-state index in [-0.39, 0.29) is 17.5 Å². The Kier molecular flexibility index (Phi) is 2.54. The lowest BCUT2D eigenvalue weighted by atomic mass is 9.49. The molecule has 0 saturated heterocycles. The summed E-state index contributed by atoms with van der Waals surface area (Å²) in [5, 5.41) is 0. The van der Waals surface area contributed by atoms with Gasteiger partial charge in [0.2, 0.25) is 0 Å². The number of hydrogen-bond donors (Lipinski definition) is 0. The fourth-order valence-corrected chi connectivity index (χ4v) is 1.66. The zero-order valence-electron chi connectivity index (χ0n) is 6.46. The molecule has 6 radical (unpaired) electrons. The molecule has 0 amide bonds. The minimum absolute atomic E-state index is 0.0104. The van der Waals surface area contributed by atoms with E-state index in [1.165, 1.54) is 0 Å². The van der Waals surface area contributed by atoms with Gasteiger partial charge in [0, 0.05) is 0 Å². The molecule has 0 spiro atoms. The standard InChI is InChI=1S/C7H11B3/c1-4-2-5(8)7(10)6(9)3-4/h4-7H,2-3H2,1H3. The topological polar surface area (TPSA) is 0 Å². The van der Waals surface area contributed by atoms with Gasteiger partial charge in [0.05, 0.1) is 23.5 Å². The van der Waals surface area contributed by atoms with Crippen molar-refractivity contribution in [2.75, 3.05) is 0 Å². The summed E-state index contributed by atoms with van der Waals surface area (Å²) in [6.07, 6.45) is 2.05. The molecule has 0 N–H and O–H groups in total. The molecule has 1 fully saturated rings. The van der Waals surface area contributed by atoms with Crippen LogP contribution in [0.4, 0.5) is 0 Å². The van der Waals surface area contributed by atoms with Gasteiger partial charge in [0.25, 0.3) is 0 Å². The van der Waals surface area contributed by atoms with Gasteiger partial charge in [-0.2, -0.15) is 0 Å². The first-order valence-corrected chi connectivity index (χ1v) is 3.88. The van der Waals surface area contributed by atoms with Crippen molar-refractivity contribution >= 4 is 23.5 Å². The van der Waals surface area contributed by atoms with E-state index in [0.717, 1.165) is 12.8 Å². The van der Waals surface area contributed by atoms with Gasteiger partial charge < -0.3 is 0 Å². The van der Waals surface area contributed by atoms with E-state index >= 15 is 0 Å². The molecule has 10 heavy (non-hydrogen) atoms. The van der Waals surface area contributed by atoms with Crippen LogP contribution in [0.5, 0.6) is 0 Å². The van der Waals surface area contributed by atoms with Crippen molar-refractivity contribution in [1.82, 2.24) is 0 Å². The van der Waals surface area contributed by atoms with Gasteiger partial charge in [-0.1, -0.05) is 37.2 Å². The maximum absolute atomic E-state index is 5.75. The number of rotatable bonds is 0. The fourth-order valence-electron chi connectivity index (χ4n) is 1.66. The Bertz CT molecular complexity index is 103. The highest BCUT2D eigenvalue weighted by molar-refractivity contribution is 6.26. The lowest BCUT2D eigenvalue weighted by Crippen LogP contribution is -2.21. The molecule has 0 aromatic carbocycles. The van der Waals surface area contributed by atoms with Gasteiger partial charge in [0.1, 0.15) is 0 Å².